The van der Waals surface area contributed by atoms with Crippen LogP contribution in [0.15, 0.2) is 18.2 Å². The zero-order valence-electron chi connectivity index (χ0n) is 11.8. The van der Waals surface area contributed by atoms with E-state index in [0.29, 0.717) is 29.5 Å². The maximum Gasteiger partial charge on any atom is 0.251 e. The summed E-state index contributed by atoms with van der Waals surface area (Å²) in [6, 6.07) is 5.18. The Morgan fingerprint density at radius 3 is 2.70 bits per heavy atom. The second-order valence-electron chi connectivity index (χ2n) is 4.64. The van der Waals surface area contributed by atoms with Crippen LogP contribution in [-0.4, -0.2) is 39.8 Å². The van der Waals surface area contributed by atoms with Gasteiger partial charge < -0.3 is 20.1 Å². The highest BCUT2D eigenvalue weighted by molar-refractivity contribution is 5.94. The zero-order chi connectivity index (χ0) is 13.7. The molecule has 1 unspecified atom stereocenters. The molecule has 1 fully saturated rings. The van der Waals surface area contributed by atoms with E-state index in [1.54, 1.807) is 32.4 Å². The molecule has 5 nitrogen and oxygen atoms in total. The number of nitrogens with one attached hydrogen (secondary N) is 2. The Hall–Kier alpha value is -1.46. The number of hydrogen-bond donors (Lipinski definition) is 2. The summed E-state index contributed by atoms with van der Waals surface area (Å²) in [5.74, 6) is 1.65. The first kappa shape index (κ1) is 16.6. The Kier molecular flexibility index (Phi) is 6.61. The predicted molar refractivity (Wildman–Crippen MR) is 80.1 cm³/mol. The van der Waals surface area contributed by atoms with E-state index >= 15 is 0 Å². The van der Waals surface area contributed by atoms with Crippen molar-refractivity contribution in [1.82, 2.24) is 10.6 Å². The molecule has 20 heavy (non-hydrogen) atoms. The van der Waals surface area contributed by atoms with E-state index in [1.165, 1.54) is 0 Å². The number of amides is 1. The number of benzene rings is 1. The average molecular weight is 301 g/mol. The van der Waals surface area contributed by atoms with Crippen LogP contribution < -0.4 is 20.1 Å². The van der Waals surface area contributed by atoms with Crippen molar-refractivity contribution < 1.29 is 14.3 Å². The molecule has 1 aromatic carbocycles. The summed E-state index contributed by atoms with van der Waals surface area (Å²) in [5.41, 5.74) is 0.587. The fourth-order valence-electron chi connectivity index (χ4n) is 2.21. The van der Waals surface area contributed by atoms with Gasteiger partial charge in [0.15, 0.2) is 11.5 Å². The molecule has 2 N–H and O–H groups in total. The largest absolute Gasteiger partial charge is 0.493 e. The fraction of sp³-hybridized carbons (Fsp3) is 0.500. The van der Waals surface area contributed by atoms with Gasteiger partial charge in [-0.05, 0) is 43.6 Å². The molecular weight excluding hydrogens is 280 g/mol. The topological polar surface area (TPSA) is 59.6 Å². The van der Waals surface area contributed by atoms with Crippen LogP contribution >= 0.6 is 12.4 Å². The van der Waals surface area contributed by atoms with E-state index in [1.807, 2.05) is 0 Å². The monoisotopic (exact) mass is 300 g/mol. The summed E-state index contributed by atoms with van der Waals surface area (Å²) in [6.07, 6.45) is 1.12. The van der Waals surface area contributed by atoms with Gasteiger partial charge in [-0.2, -0.15) is 0 Å². The lowest BCUT2D eigenvalue weighted by Gasteiger charge is -2.12. The Labute approximate surface area is 125 Å². The first-order valence-corrected chi connectivity index (χ1v) is 6.45. The lowest BCUT2D eigenvalue weighted by Crippen LogP contribution is -2.30. The summed E-state index contributed by atoms with van der Waals surface area (Å²) in [4.78, 5) is 12.0. The lowest BCUT2D eigenvalue weighted by atomic mass is 10.1. The molecule has 0 spiro atoms. The molecule has 112 valence electrons. The second kappa shape index (κ2) is 7.97. The number of carbonyl (C=O) groups excluding carboxylic acids is 1. The van der Waals surface area contributed by atoms with E-state index in [0.717, 1.165) is 19.5 Å². The van der Waals surface area contributed by atoms with E-state index in [9.17, 15) is 4.79 Å². The lowest BCUT2D eigenvalue weighted by molar-refractivity contribution is 0.0948. The third kappa shape index (κ3) is 4.02. The van der Waals surface area contributed by atoms with E-state index in [-0.39, 0.29) is 18.3 Å². The summed E-state index contributed by atoms with van der Waals surface area (Å²) in [5, 5.41) is 6.24. The van der Waals surface area contributed by atoms with Gasteiger partial charge in [0.1, 0.15) is 0 Å². The van der Waals surface area contributed by atoms with Gasteiger partial charge in [0.05, 0.1) is 14.2 Å². The fourth-order valence-corrected chi connectivity index (χ4v) is 2.21. The Bertz CT molecular complexity index is 448. The van der Waals surface area contributed by atoms with Crippen LogP contribution in [-0.2, 0) is 0 Å². The van der Waals surface area contributed by atoms with Gasteiger partial charge in [0.2, 0.25) is 0 Å². The normalized spacial score (nSPS) is 17.2. The summed E-state index contributed by atoms with van der Waals surface area (Å²) in [7, 11) is 3.13. The highest BCUT2D eigenvalue weighted by Gasteiger charge is 2.16. The molecule has 1 heterocycles. The molecule has 1 amide bonds. The molecule has 1 aromatic rings. The molecule has 0 radical (unpaired) electrons. The highest BCUT2D eigenvalue weighted by Crippen LogP contribution is 2.27. The second-order valence-corrected chi connectivity index (χ2v) is 4.64. The van der Waals surface area contributed by atoms with Crippen molar-refractivity contribution in [3.8, 4) is 11.5 Å². The first-order chi connectivity index (χ1) is 9.24. The van der Waals surface area contributed by atoms with E-state index in [4.69, 9.17) is 9.47 Å². The van der Waals surface area contributed by atoms with Crippen LogP contribution in [0, 0.1) is 5.92 Å². The molecule has 0 aromatic heterocycles. The van der Waals surface area contributed by atoms with Crippen molar-refractivity contribution in [3.05, 3.63) is 23.8 Å². The maximum absolute atomic E-state index is 12.0. The third-order valence-corrected chi connectivity index (χ3v) is 3.36. The van der Waals surface area contributed by atoms with Gasteiger partial charge in [-0.1, -0.05) is 0 Å². The van der Waals surface area contributed by atoms with Crippen LogP contribution in [0.2, 0.25) is 0 Å². The Balaban J connectivity index is 0.00000200. The number of halogens is 1. The molecule has 1 saturated heterocycles. The predicted octanol–water partition coefficient (Wildman–Crippen LogP) is 1.46. The number of ether oxygens (including phenoxy) is 2. The number of methoxy groups -OCH3 is 2. The van der Waals surface area contributed by atoms with Crippen LogP contribution in [0.4, 0.5) is 0 Å². The molecular formula is C14H21ClN2O3. The first-order valence-electron chi connectivity index (χ1n) is 6.45. The average Bonchev–Trinajstić information content (AvgIpc) is 2.97. The number of rotatable bonds is 5. The quantitative estimate of drug-likeness (QED) is 0.864. The maximum atomic E-state index is 12.0. The summed E-state index contributed by atoms with van der Waals surface area (Å²) >= 11 is 0. The van der Waals surface area contributed by atoms with Gasteiger partial charge >= 0.3 is 0 Å². The van der Waals surface area contributed by atoms with Gasteiger partial charge in [0, 0.05) is 12.1 Å². The molecule has 1 atom stereocenters. The number of carbonyl (C=O) groups is 1. The minimum absolute atomic E-state index is 0. The van der Waals surface area contributed by atoms with Crippen LogP contribution in [0.5, 0.6) is 11.5 Å². The molecule has 0 saturated carbocycles. The molecule has 1 aliphatic heterocycles. The van der Waals surface area contributed by atoms with Gasteiger partial charge in [-0.25, -0.2) is 0 Å². The summed E-state index contributed by atoms with van der Waals surface area (Å²) in [6.45, 7) is 2.73. The zero-order valence-corrected chi connectivity index (χ0v) is 12.6. The Morgan fingerprint density at radius 1 is 1.35 bits per heavy atom. The van der Waals surface area contributed by atoms with Crippen molar-refractivity contribution >= 4 is 18.3 Å². The van der Waals surface area contributed by atoms with Crippen molar-refractivity contribution in [2.75, 3.05) is 33.9 Å². The third-order valence-electron chi connectivity index (χ3n) is 3.36. The van der Waals surface area contributed by atoms with Crippen molar-refractivity contribution in [1.29, 1.82) is 0 Å². The van der Waals surface area contributed by atoms with Gasteiger partial charge in [-0.15, -0.1) is 12.4 Å². The molecule has 1 aliphatic rings. The molecule has 2 rings (SSSR count). The standard InChI is InChI=1S/C14H20N2O3.ClH/c1-18-12-4-3-11(7-13(12)19-2)14(17)16-9-10-5-6-15-8-10;/h3-4,7,10,15H,5-6,8-9H2,1-2H3,(H,16,17);1H. The number of hydrogen-bond acceptors (Lipinski definition) is 4. The Morgan fingerprint density at radius 2 is 2.10 bits per heavy atom. The molecule has 0 bridgehead atoms. The van der Waals surface area contributed by atoms with Gasteiger partial charge in [-0.3, -0.25) is 4.79 Å². The van der Waals surface area contributed by atoms with Crippen LogP contribution in [0.25, 0.3) is 0 Å². The van der Waals surface area contributed by atoms with Crippen molar-refractivity contribution in [3.63, 3.8) is 0 Å². The van der Waals surface area contributed by atoms with Crippen LogP contribution in [0.1, 0.15) is 16.8 Å². The highest BCUT2D eigenvalue weighted by atomic mass is 35.5. The van der Waals surface area contributed by atoms with Crippen molar-refractivity contribution in [2.24, 2.45) is 5.92 Å². The van der Waals surface area contributed by atoms with E-state index in [2.05, 4.69) is 10.6 Å². The van der Waals surface area contributed by atoms with Crippen LogP contribution in [0.3, 0.4) is 0 Å². The van der Waals surface area contributed by atoms with Crippen molar-refractivity contribution in [2.45, 2.75) is 6.42 Å². The smallest absolute Gasteiger partial charge is 0.251 e. The SMILES string of the molecule is COc1ccc(C(=O)NCC2CCNC2)cc1OC.Cl. The molecule has 6 heteroatoms. The minimum Gasteiger partial charge on any atom is -0.493 e. The van der Waals surface area contributed by atoms with Gasteiger partial charge in [0.25, 0.3) is 5.91 Å². The minimum atomic E-state index is -0.0761. The van der Waals surface area contributed by atoms with E-state index < -0.39 is 0 Å². The molecule has 0 aliphatic carbocycles. The summed E-state index contributed by atoms with van der Waals surface area (Å²) < 4.78 is 10.3.